The molecule has 0 unspecified atom stereocenters. The fraction of sp³-hybridized carbons (Fsp3) is 0.455. The van der Waals surface area contributed by atoms with Crippen LogP contribution in [-0.4, -0.2) is 6.54 Å². The molecule has 0 aliphatic heterocycles. The van der Waals surface area contributed by atoms with Gasteiger partial charge in [-0.1, -0.05) is 6.07 Å². The lowest BCUT2D eigenvalue weighted by Crippen LogP contribution is -2.18. The molecule has 70 valence electrons. The van der Waals surface area contributed by atoms with Gasteiger partial charge in [0.15, 0.2) is 0 Å². The molecule has 0 aliphatic carbocycles. The predicted molar refractivity (Wildman–Crippen MR) is 58.8 cm³/mol. The second kappa shape index (κ2) is 5.80. The number of thiophene rings is 1. The van der Waals surface area contributed by atoms with Crippen LogP contribution in [0.1, 0.15) is 30.7 Å². The Morgan fingerprint density at radius 1 is 1.69 bits per heavy atom. The fourth-order valence-corrected chi connectivity index (χ4v) is 1.91. The lowest BCUT2D eigenvalue weighted by Gasteiger charge is -2.10. The minimum absolute atomic E-state index is 0.456. The first-order chi connectivity index (χ1) is 6.34. The average Bonchev–Trinajstić information content (AvgIpc) is 2.65. The van der Waals surface area contributed by atoms with Gasteiger partial charge in [0.05, 0.1) is 0 Å². The Bertz CT molecular complexity index is 258. The minimum atomic E-state index is 0.456. The third-order valence-electron chi connectivity index (χ3n) is 1.92. The molecule has 1 aromatic rings. The highest BCUT2D eigenvalue weighted by atomic mass is 32.1. The molecular weight excluding hydrogens is 178 g/mol. The van der Waals surface area contributed by atoms with E-state index in [9.17, 15) is 0 Å². The highest BCUT2D eigenvalue weighted by molar-refractivity contribution is 7.10. The van der Waals surface area contributed by atoms with Gasteiger partial charge in [-0.25, -0.2) is 0 Å². The first-order valence-electron chi connectivity index (χ1n) is 4.55. The van der Waals surface area contributed by atoms with E-state index in [4.69, 9.17) is 6.42 Å². The van der Waals surface area contributed by atoms with Gasteiger partial charge in [-0.15, -0.1) is 23.7 Å². The third-order valence-corrected chi connectivity index (χ3v) is 2.97. The normalized spacial score (nSPS) is 12.3. The lowest BCUT2D eigenvalue weighted by molar-refractivity contribution is 0.570. The van der Waals surface area contributed by atoms with Crippen LogP contribution in [0.15, 0.2) is 17.5 Å². The lowest BCUT2D eigenvalue weighted by atomic mass is 10.2. The van der Waals surface area contributed by atoms with E-state index in [1.54, 1.807) is 11.3 Å². The molecule has 1 atom stereocenters. The van der Waals surface area contributed by atoms with Crippen LogP contribution in [0.2, 0.25) is 0 Å². The van der Waals surface area contributed by atoms with E-state index in [0.717, 1.165) is 19.4 Å². The van der Waals surface area contributed by atoms with E-state index in [-0.39, 0.29) is 0 Å². The van der Waals surface area contributed by atoms with Crippen molar-refractivity contribution in [1.29, 1.82) is 0 Å². The van der Waals surface area contributed by atoms with Crippen molar-refractivity contribution in [2.24, 2.45) is 0 Å². The van der Waals surface area contributed by atoms with Crippen LogP contribution in [0.4, 0.5) is 0 Å². The first kappa shape index (κ1) is 10.3. The van der Waals surface area contributed by atoms with Gasteiger partial charge in [-0.05, 0) is 31.3 Å². The summed E-state index contributed by atoms with van der Waals surface area (Å²) in [6.07, 6.45) is 7.09. The number of nitrogens with one attached hydrogen (secondary N) is 1. The molecule has 0 aliphatic rings. The molecule has 0 amide bonds. The van der Waals surface area contributed by atoms with Gasteiger partial charge in [0, 0.05) is 17.3 Å². The van der Waals surface area contributed by atoms with Crippen molar-refractivity contribution in [2.45, 2.75) is 25.8 Å². The molecule has 1 rings (SSSR count). The van der Waals surface area contributed by atoms with Gasteiger partial charge < -0.3 is 5.32 Å². The Hall–Kier alpha value is -0.780. The number of hydrogen-bond donors (Lipinski definition) is 1. The van der Waals surface area contributed by atoms with Crippen molar-refractivity contribution >= 4 is 11.3 Å². The van der Waals surface area contributed by atoms with Crippen molar-refractivity contribution in [3.05, 3.63) is 22.4 Å². The monoisotopic (exact) mass is 193 g/mol. The molecule has 2 heteroatoms. The summed E-state index contributed by atoms with van der Waals surface area (Å²) in [5.74, 6) is 2.64. The van der Waals surface area contributed by atoms with Crippen LogP contribution >= 0.6 is 11.3 Å². The van der Waals surface area contributed by atoms with E-state index in [2.05, 4.69) is 35.7 Å². The van der Waals surface area contributed by atoms with Crippen LogP contribution in [0, 0.1) is 12.3 Å². The molecular formula is C11H15NS. The Morgan fingerprint density at radius 3 is 3.15 bits per heavy atom. The van der Waals surface area contributed by atoms with Crippen molar-refractivity contribution in [2.75, 3.05) is 6.54 Å². The van der Waals surface area contributed by atoms with Crippen LogP contribution in [-0.2, 0) is 0 Å². The quantitative estimate of drug-likeness (QED) is 0.560. The summed E-state index contributed by atoms with van der Waals surface area (Å²) in [5, 5.41) is 5.54. The Kier molecular flexibility index (Phi) is 4.59. The molecule has 0 aromatic carbocycles. The van der Waals surface area contributed by atoms with Gasteiger partial charge in [-0.2, -0.15) is 0 Å². The minimum Gasteiger partial charge on any atom is -0.309 e. The molecule has 1 N–H and O–H groups in total. The van der Waals surface area contributed by atoms with E-state index in [0.29, 0.717) is 6.04 Å². The summed E-state index contributed by atoms with van der Waals surface area (Å²) < 4.78 is 0. The maximum Gasteiger partial charge on any atom is 0.0386 e. The summed E-state index contributed by atoms with van der Waals surface area (Å²) in [5.41, 5.74) is 0. The maximum atomic E-state index is 5.16. The Labute approximate surface area is 84.2 Å². The summed E-state index contributed by atoms with van der Waals surface area (Å²) in [6.45, 7) is 3.19. The van der Waals surface area contributed by atoms with Crippen LogP contribution in [0.3, 0.4) is 0 Å². The summed E-state index contributed by atoms with van der Waals surface area (Å²) in [7, 11) is 0. The largest absolute Gasteiger partial charge is 0.309 e. The zero-order valence-electron chi connectivity index (χ0n) is 7.92. The van der Waals surface area contributed by atoms with Gasteiger partial charge >= 0.3 is 0 Å². The van der Waals surface area contributed by atoms with E-state index in [1.807, 2.05) is 0 Å². The molecule has 0 radical (unpaired) electrons. The molecule has 0 spiro atoms. The zero-order valence-corrected chi connectivity index (χ0v) is 8.73. The molecule has 0 saturated heterocycles. The molecule has 0 fully saturated rings. The number of terminal acetylenes is 1. The highest BCUT2D eigenvalue weighted by Gasteiger charge is 2.03. The van der Waals surface area contributed by atoms with E-state index >= 15 is 0 Å². The third kappa shape index (κ3) is 3.63. The van der Waals surface area contributed by atoms with Gasteiger partial charge in [-0.3, -0.25) is 0 Å². The second-order valence-electron chi connectivity index (χ2n) is 3.00. The number of unbranched alkanes of at least 4 members (excludes halogenated alkanes) is 1. The van der Waals surface area contributed by atoms with Crippen LogP contribution in [0.25, 0.3) is 0 Å². The maximum absolute atomic E-state index is 5.16. The first-order valence-corrected chi connectivity index (χ1v) is 5.43. The van der Waals surface area contributed by atoms with Gasteiger partial charge in [0.1, 0.15) is 0 Å². The van der Waals surface area contributed by atoms with Crippen molar-refractivity contribution in [3.63, 3.8) is 0 Å². The topological polar surface area (TPSA) is 12.0 Å². The number of hydrogen-bond acceptors (Lipinski definition) is 2. The smallest absolute Gasteiger partial charge is 0.0386 e. The Balaban J connectivity index is 2.19. The molecule has 13 heavy (non-hydrogen) atoms. The standard InChI is InChI=1S/C11H15NS/c1-3-4-5-8-12-10(2)11-7-6-9-13-11/h1,6-7,9-10,12H,4-5,8H2,2H3/t10-/m1/s1. The van der Waals surface area contributed by atoms with Gasteiger partial charge in [0.2, 0.25) is 0 Å². The molecule has 0 saturated carbocycles. The van der Waals surface area contributed by atoms with Crippen LogP contribution < -0.4 is 5.32 Å². The average molecular weight is 193 g/mol. The summed E-state index contributed by atoms with van der Waals surface area (Å²) >= 11 is 1.79. The van der Waals surface area contributed by atoms with E-state index < -0.39 is 0 Å². The Morgan fingerprint density at radius 2 is 2.54 bits per heavy atom. The fourth-order valence-electron chi connectivity index (χ4n) is 1.15. The van der Waals surface area contributed by atoms with E-state index in [1.165, 1.54) is 4.88 Å². The van der Waals surface area contributed by atoms with Crippen LogP contribution in [0.5, 0.6) is 0 Å². The summed E-state index contributed by atoms with van der Waals surface area (Å²) in [4.78, 5) is 1.39. The van der Waals surface area contributed by atoms with Gasteiger partial charge in [0.25, 0.3) is 0 Å². The second-order valence-corrected chi connectivity index (χ2v) is 3.98. The molecule has 1 aromatic heterocycles. The molecule has 0 bridgehead atoms. The molecule has 1 heterocycles. The predicted octanol–water partition coefficient (Wildman–Crippen LogP) is 2.81. The SMILES string of the molecule is C#CCCCN[C@H](C)c1cccs1. The van der Waals surface area contributed by atoms with Crippen molar-refractivity contribution in [3.8, 4) is 12.3 Å². The van der Waals surface area contributed by atoms with Crippen molar-refractivity contribution in [1.82, 2.24) is 5.32 Å². The zero-order chi connectivity index (χ0) is 9.52. The highest BCUT2D eigenvalue weighted by Crippen LogP contribution is 2.17. The number of rotatable bonds is 5. The summed E-state index contributed by atoms with van der Waals surface area (Å²) in [6, 6.07) is 4.70. The molecule has 1 nitrogen and oxygen atoms in total. The van der Waals surface area contributed by atoms with Crippen molar-refractivity contribution < 1.29 is 0 Å².